The molecule has 2 atom stereocenters. The minimum atomic E-state index is 0.668. The molecule has 1 aromatic rings. The molecule has 0 heterocycles. The van der Waals surface area contributed by atoms with Crippen LogP contribution in [0, 0.1) is 0 Å². The van der Waals surface area contributed by atoms with Gasteiger partial charge in [-0.05, 0) is 49.4 Å². The van der Waals surface area contributed by atoms with Crippen LogP contribution in [0.15, 0.2) is 24.3 Å². The quantitative estimate of drug-likeness (QED) is 0.836. The van der Waals surface area contributed by atoms with Crippen molar-refractivity contribution in [1.82, 2.24) is 5.32 Å². The lowest BCUT2D eigenvalue weighted by molar-refractivity contribution is 0.479. The van der Waals surface area contributed by atoms with Gasteiger partial charge in [0.25, 0.3) is 0 Å². The van der Waals surface area contributed by atoms with Crippen LogP contribution in [-0.2, 0) is 0 Å². The molecule has 0 saturated heterocycles. The summed E-state index contributed by atoms with van der Waals surface area (Å²) in [7, 11) is 0. The summed E-state index contributed by atoms with van der Waals surface area (Å²) < 4.78 is 0. The molecule has 2 unspecified atom stereocenters. The Bertz CT molecular complexity index is 320. The van der Waals surface area contributed by atoms with Gasteiger partial charge >= 0.3 is 0 Å². The van der Waals surface area contributed by atoms with Crippen LogP contribution in [0.1, 0.15) is 44.1 Å². The molecule has 1 aromatic carbocycles. The van der Waals surface area contributed by atoms with Crippen molar-refractivity contribution in [2.45, 2.75) is 44.6 Å². The van der Waals surface area contributed by atoms with E-state index in [0.29, 0.717) is 12.0 Å². The third-order valence-electron chi connectivity index (χ3n) is 3.47. The highest BCUT2D eigenvalue weighted by molar-refractivity contribution is 6.30. The first kappa shape index (κ1) is 11.9. The fourth-order valence-corrected chi connectivity index (χ4v) is 2.77. The largest absolute Gasteiger partial charge is 0.313 e. The Kier molecular flexibility index (Phi) is 4.25. The highest BCUT2D eigenvalue weighted by Crippen LogP contribution is 2.34. The second-order valence-electron chi connectivity index (χ2n) is 4.65. The molecule has 16 heavy (non-hydrogen) atoms. The Hall–Kier alpha value is -0.530. The Labute approximate surface area is 103 Å². The zero-order chi connectivity index (χ0) is 11.4. The third kappa shape index (κ3) is 2.78. The van der Waals surface area contributed by atoms with Gasteiger partial charge in [0.1, 0.15) is 0 Å². The molecule has 1 saturated carbocycles. The molecule has 2 heteroatoms. The summed E-state index contributed by atoms with van der Waals surface area (Å²) in [5, 5.41) is 4.49. The molecule has 88 valence electrons. The van der Waals surface area contributed by atoms with Crippen LogP contribution < -0.4 is 5.32 Å². The first-order valence-corrected chi connectivity index (χ1v) is 6.68. The number of rotatable bonds is 4. The number of halogens is 1. The predicted molar refractivity (Wildman–Crippen MR) is 70.1 cm³/mol. The van der Waals surface area contributed by atoms with Gasteiger partial charge in [0.15, 0.2) is 0 Å². The maximum absolute atomic E-state index is 5.92. The van der Waals surface area contributed by atoms with Crippen molar-refractivity contribution in [3.05, 3.63) is 34.9 Å². The number of hydrogen-bond acceptors (Lipinski definition) is 1. The van der Waals surface area contributed by atoms with Crippen LogP contribution in [0.4, 0.5) is 0 Å². The summed E-state index contributed by atoms with van der Waals surface area (Å²) in [5.41, 5.74) is 1.44. The van der Waals surface area contributed by atoms with Gasteiger partial charge < -0.3 is 5.32 Å². The molecular formula is C14H20ClN. The van der Waals surface area contributed by atoms with Gasteiger partial charge in [0, 0.05) is 11.1 Å². The molecule has 0 aliphatic heterocycles. The molecule has 0 amide bonds. The van der Waals surface area contributed by atoms with Gasteiger partial charge in [-0.2, -0.15) is 0 Å². The maximum atomic E-state index is 5.92. The van der Waals surface area contributed by atoms with Crippen LogP contribution >= 0.6 is 11.6 Å². The molecule has 1 fully saturated rings. The average molecular weight is 238 g/mol. The van der Waals surface area contributed by atoms with E-state index in [1.165, 1.54) is 31.2 Å². The van der Waals surface area contributed by atoms with Crippen molar-refractivity contribution in [1.29, 1.82) is 0 Å². The summed E-state index contributed by atoms with van der Waals surface area (Å²) in [5.74, 6) is 0.684. The smallest absolute Gasteiger partial charge is 0.0406 e. The number of hydrogen-bond donors (Lipinski definition) is 1. The zero-order valence-corrected chi connectivity index (χ0v) is 10.6. The lowest BCUT2D eigenvalue weighted by Gasteiger charge is -2.21. The standard InChI is InChI=1S/C14H20ClN/c1-2-10-16-14-5-3-4-13(14)11-6-8-12(15)9-7-11/h6-9,13-14,16H,2-5,10H2,1H3. The van der Waals surface area contributed by atoms with E-state index in [4.69, 9.17) is 11.6 Å². The topological polar surface area (TPSA) is 12.0 Å². The maximum Gasteiger partial charge on any atom is 0.0406 e. The highest BCUT2D eigenvalue weighted by atomic mass is 35.5. The van der Waals surface area contributed by atoms with Crippen LogP contribution in [0.3, 0.4) is 0 Å². The Balaban J connectivity index is 2.04. The second kappa shape index (κ2) is 5.70. The minimum absolute atomic E-state index is 0.668. The monoisotopic (exact) mass is 237 g/mol. The summed E-state index contributed by atoms with van der Waals surface area (Å²) in [6, 6.07) is 9.04. The lowest BCUT2D eigenvalue weighted by atomic mass is 9.94. The summed E-state index contributed by atoms with van der Waals surface area (Å²) in [6.45, 7) is 3.36. The fraction of sp³-hybridized carbons (Fsp3) is 0.571. The molecule has 1 nitrogen and oxygen atoms in total. The third-order valence-corrected chi connectivity index (χ3v) is 3.72. The van der Waals surface area contributed by atoms with Gasteiger partial charge in [-0.15, -0.1) is 0 Å². The average Bonchev–Trinajstić information content (AvgIpc) is 2.75. The second-order valence-corrected chi connectivity index (χ2v) is 5.09. The van der Waals surface area contributed by atoms with E-state index < -0.39 is 0 Å². The van der Waals surface area contributed by atoms with E-state index in [1.807, 2.05) is 12.1 Å². The molecule has 0 radical (unpaired) electrons. The summed E-state index contributed by atoms with van der Waals surface area (Å²) in [6.07, 6.45) is 5.18. The van der Waals surface area contributed by atoms with Crippen LogP contribution in [0.2, 0.25) is 5.02 Å². The van der Waals surface area contributed by atoms with E-state index in [1.54, 1.807) is 0 Å². The highest BCUT2D eigenvalue weighted by Gasteiger charge is 2.27. The van der Waals surface area contributed by atoms with Crippen molar-refractivity contribution in [2.75, 3.05) is 6.54 Å². The number of nitrogens with one attached hydrogen (secondary N) is 1. The van der Waals surface area contributed by atoms with Crippen molar-refractivity contribution < 1.29 is 0 Å². The molecule has 1 aliphatic rings. The van der Waals surface area contributed by atoms with E-state index >= 15 is 0 Å². The summed E-state index contributed by atoms with van der Waals surface area (Å²) >= 11 is 5.92. The van der Waals surface area contributed by atoms with Crippen molar-refractivity contribution in [3.8, 4) is 0 Å². The van der Waals surface area contributed by atoms with Gasteiger partial charge in [-0.25, -0.2) is 0 Å². The van der Waals surface area contributed by atoms with Gasteiger partial charge in [0.2, 0.25) is 0 Å². The predicted octanol–water partition coefficient (Wildman–Crippen LogP) is 3.98. The van der Waals surface area contributed by atoms with E-state index in [0.717, 1.165) is 11.6 Å². The van der Waals surface area contributed by atoms with Crippen LogP contribution in [0.25, 0.3) is 0 Å². The van der Waals surface area contributed by atoms with Crippen LogP contribution in [0.5, 0.6) is 0 Å². The van der Waals surface area contributed by atoms with Crippen molar-refractivity contribution >= 4 is 11.6 Å². The Morgan fingerprint density at radius 1 is 1.25 bits per heavy atom. The van der Waals surface area contributed by atoms with E-state index in [2.05, 4.69) is 24.4 Å². The lowest BCUT2D eigenvalue weighted by Crippen LogP contribution is -2.31. The van der Waals surface area contributed by atoms with E-state index in [9.17, 15) is 0 Å². The Morgan fingerprint density at radius 2 is 2.00 bits per heavy atom. The van der Waals surface area contributed by atoms with Crippen molar-refractivity contribution in [2.24, 2.45) is 0 Å². The SMILES string of the molecule is CCCNC1CCCC1c1ccc(Cl)cc1. The first-order valence-electron chi connectivity index (χ1n) is 6.30. The van der Waals surface area contributed by atoms with Crippen LogP contribution in [-0.4, -0.2) is 12.6 Å². The molecular weight excluding hydrogens is 218 g/mol. The number of benzene rings is 1. The summed E-state index contributed by atoms with van der Waals surface area (Å²) in [4.78, 5) is 0. The fourth-order valence-electron chi connectivity index (χ4n) is 2.64. The zero-order valence-electron chi connectivity index (χ0n) is 9.88. The molecule has 1 N–H and O–H groups in total. The molecule has 0 spiro atoms. The van der Waals surface area contributed by atoms with Gasteiger partial charge in [-0.1, -0.05) is 37.1 Å². The normalized spacial score (nSPS) is 24.9. The van der Waals surface area contributed by atoms with E-state index in [-0.39, 0.29) is 0 Å². The first-order chi connectivity index (χ1) is 7.81. The van der Waals surface area contributed by atoms with Crippen molar-refractivity contribution in [3.63, 3.8) is 0 Å². The molecule has 0 aromatic heterocycles. The molecule has 2 rings (SSSR count). The van der Waals surface area contributed by atoms with Gasteiger partial charge in [-0.3, -0.25) is 0 Å². The van der Waals surface area contributed by atoms with Gasteiger partial charge in [0.05, 0.1) is 0 Å². The molecule has 0 bridgehead atoms. The molecule has 1 aliphatic carbocycles. The Morgan fingerprint density at radius 3 is 2.69 bits per heavy atom. The minimum Gasteiger partial charge on any atom is -0.313 e.